The summed E-state index contributed by atoms with van der Waals surface area (Å²) in [5, 5.41) is 5.81. The molecule has 32 heavy (non-hydrogen) atoms. The molecule has 0 aliphatic heterocycles. The second kappa shape index (κ2) is 8.50. The predicted octanol–water partition coefficient (Wildman–Crippen LogP) is 4.99. The number of carbonyl (C=O) groups excluding carboxylic acids is 1. The molecule has 7 nitrogen and oxygen atoms in total. The first-order valence-electron chi connectivity index (χ1n) is 9.48. The second-order valence-corrected chi connectivity index (χ2v) is 6.86. The Labute approximate surface area is 181 Å². The number of nitrogens with one attached hydrogen (secondary N) is 2. The van der Waals surface area contributed by atoms with Crippen molar-refractivity contribution in [2.75, 3.05) is 10.6 Å². The molecule has 2 heterocycles. The molecule has 0 aliphatic carbocycles. The van der Waals surface area contributed by atoms with Crippen LogP contribution in [0.25, 0.3) is 5.95 Å². The van der Waals surface area contributed by atoms with Crippen molar-refractivity contribution in [3.8, 4) is 5.95 Å². The van der Waals surface area contributed by atoms with Gasteiger partial charge in [-0.3, -0.25) is 9.36 Å². The quantitative estimate of drug-likeness (QED) is 0.459. The largest absolute Gasteiger partial charge is 0.416 e. The van der Waals surface area contributed by atoms with Crippen LogP contribution in [-0.4, -0.2) is 25.4 Å². The monoisotopic (exact) mass is 438 g/mol. The van der Waals surface area contributed by atoms with Gasteiger partial charge in [0.05, 0.1) is 5.56 Å². The first-order valence-corrected chi connectivity index (χ1v) is 9.48. The van der Waals surface area contributed by atoms with Crippen LogP contribution in [-0.2, 0) is 6.18 Å². The van der Waals surface area contributed by atoms with E-state index in [9.17, 15) is 18.0 Å². The van der Waals surface area contributed by atoms with Crippen LogP contribution in [0.1, 0.15) is 21.5 Å². The van der Waals surface area contributed by atoms with Gasteiger partial charge in [0, 0.05) is 41.7 Å². The summed E-state index contributed by atoms with van der Waals surface area (Å²) in [7, 11) is 0. The summed E-state index contributed by atoms with van der Waals surface area (Å²) in [6, 6.07) is 11.1. The van der Waals surface area contributed by atoms with Gasteiger partial charge in [0.2, 0.25) is 11.9 Å². The highest BCUT2D eigenvalue weighted by atomic mass is 19.4. The Bertz CT molecular complexity index is 1250. The highest BCUT2D eigenvalue weighted by molar-refractivity contribution is 6.04. The maximum absolute atomic E-state index is 12.9. The molecule has 0 saturated carbocycles. The first-order chi connectivity index (χ1) is 15.3. The van der Waals surface area contributed by atoms with Gasteiger partial charge in [-0.25, -0.2) is 15.0 Å². The average Bonchev–Trinajstić information content (AvgIpc) is 3.24. The van der Waals surface area contributed by atoms with Gasteiger partial charge in [-0.2, -0.15) is 13.2 Å². The summed E-state index contributed by atoms with van der Waals surface area (Å²) >= 11 is 0. The first kappa shape index (κ1) is 21.0. The Balaban J connectivity index is 1.56. The molecule has 162 valence electrons. The zero-order valence-electron chi connectivity index (χ0n) is 16.8. The van der Waals surface area contributed by atoms with Crippen LogP contribution in [0.15, 0.2) is 73.3 Å². The van der Waals surface area contributed by atoms with Crippen LogP contribution in [0.5, 0.6) is 0 Å². The van der Waals surface area contributed by atoms with Crippen LogP contribution < -0.4 is 10.6 Å². The highest BCUT2D eigenvalue weighted by Gasteiger charge is 2.30. The predicted molar refractivity (Wildman–Crippen MR) is 113 cm³/mol. The Kier molecular flexibility index (Phi) is 5.59. The minimum atomic E-state index is -4.53. The molecule has 2 N–H and O–H groups in total. The summed E-state index contributed by atoms with van der Waals surface area (Å²) in [6.45, 7) is 1.87. The third-order valence-electron chi connectivity index (χ3n) is 4.60. The van der Waals surface area contributed by atoms with Gasteiger partial charge < -0.3 is 10.6 Å². The molecule has 4 rings (SSSR count). The minimum absolute atomic E-state index is 0.0910. The van der Waals surface area contributed by atoms with Crippen molar-refractivity contribution in [2.45, 2.75) is 13.1 Å². The molecule has 2 aromatic carbocycles. The number of alkyl halides is 3. The molecule has 4 aromatic rings. The van der Waals surface area contributed by atoms with Gasteiger partial charge in [0.15, 0.2) is 0 Å². The molecule has 0 unspecified atom stereocenters. The van der Waals surface area contributed by atoms with Crippen molar-refractivity contribution in [1.82, 2.24) is 19.5 Å². The fourth-order valence-electron chi connectivity index (χ4n) is 2.97. The molecule has 1 amide bonds. The molecule has 0 spiro atoms. The third-order valence-corrected chi connectivity index (χ3v) is 4.60. The lowest BCUT2D eigenvalue weighted by Crippen LogP contribution is -2.14. The Morgan fingerprint density at radius 2 is 1.75 bits per heavy atom. The fourth-order valence-corrected chi connectivity index (χ4v) is 2.97. The number of aromatic nitrogens is 4. The molecule has 0 aliphatic rings. The molecule has 0 atom stereocenters. The molecule has 0 radical (unpaired) electrons. The number of imidazole rings is 1. The highest BCUT2D eigenvalue weighted by Crippen LogP contribution is 2.30. The number of anilines is 3. The molecular weight excluding hydrogens is 421 g/mol. The number of carbonyl (C=O) groups is 1. The van der Waals surface area contributed by atoms with E-state index in [0.717, 1.165) is 17.7 Å². The van der Waals surface area contributed by atoms with E-state index in [-0.39, 0.29) is 5.56 Å². The van der Waals surface area contributed by atoms with Crippen molar-refractivity contribution < 1.29 is 18.0 Å². The smallest absolute Gasteiger partial charge is 0.325 e. The molecule has 0 fully saturated rings. The van der Waals surface area contributed by atoms with E-state index in [1.54, 1.807) is 53.6 Å². The zero-order valence-corrected chi connectivity index (χ0v) is 16.8. The molecule has 0 bridgehead atoms. The number of nitrogens with zero attached hydrogens (tertiary/aromatic N) is 4. The summed E-state index contributed by atoms with van der Waals surface area (Å²) in [5.74, 6) is 0.241. The number of aryl methyl sites for hydroxylation is 1. The fraction of sp³-hybridized carbons (Fsp3) is 0.0909. The minimum Gasteiger partial charge on any atom is -0.325 e. The van der Waals surface area contributed by atoms with E-state index in [1.807, 2.05) is 6.92 Å². The number of hydrogen-bond acceptors (Lipinski definition) is 5. The van der Waals surface area contributed by atoms with Gasteiger partial charge in [-0.05, 0) is 48.9 Å². The summed E-state index contributed by atoms with van der Waals surface area (Å²) in [6.07, 6.45) is 1.99. The zero-order chi connectivity index (χ0) is 22.7. The molecule has 0 saturated heterocycles. The van der Waals surface area contributed by atoms with E-state index in [4.69, 9.17) is 0 Å². The van der Waals surface area contributed by atoms with Crippen molar-refractivity contribution in [2.24, 2.45) is 0 Å². The number of amides is 1. The van der Waals surface area contributed by atoms with E-state index in [2.05, 4.69) is 25.6 Å². The number of hydrogen-bond donors (Lipinski definition) is 2. The van der Waals surface area contributed by atoms with Crippen LogP contribution in [0.2, 0.25) is 0 Å². The van der Waals surface area contributed by atoms with Crippen LogP contribution in [0, 0.1) is 6.92 Å². The number of halogens is 3. The van der Waals surface area contributed by atoms with Crippen molar-refractivity contribution in [3.63, 3.8) is 0 Å². The van der Waals surface area contributed by atoms with E-state index < -0.39 is 17.6 Å². The standard InChI is InChI=1S/C22H17F3N6O/c1-14-6-7-17(29-19(32)15-4-2-5-16(12-15)22(23,24)25)13-18(14)30-21-28-10-11-31(21)20-26-8-3-9-27-20/h2-13H,1H3,(H,28,30)(H,29,32). The van der Waals surface area contributed by atoms with Gasteiger partial charge in [-0.15, -0.1) is 0 Å². The maximum Gasteiger partial charge on any atom is 0.416 e. The van der Waals surface area contributed by atoms with Crippen molar-refractivity contribution >= 4 is 23.2 Å². The Morgan fingerprint density at radius 3 is 2.50 bits per heavy atom. The topological polar surface area (TPSA) is 84.7 Å². The van der Waals surface area contributed by atoms with Crippen LogP contribution in [0.3, 0.4) is 0 Å². The van der Waals surface area contributed by atoms with E-state index in [0.29, 0.717) is 23.3 Å². The SMILES string of the molecule is Cc1ccc(NC(=O)c2cccc(C(F)(F)F)c2)cc1Nc1nccn1-c1ncccn1. The summed E-state index contributed by atoms with van der Waals surface area (Å²) < 4.78 is 40.5. The van der Waals surface area contributed by atoms with Crippen molar-refractivity contribution in [1.29, 1.82) is 0 Å². The lowest BCUT2D eigenvalue weighted by atomic mass is 10.1. The molecular formula is C22H17F3N6O. The average molecular weight is 438 g/mol. The summed E-state index contributed by atoms with van der Waals surface area (Å²) in [5.41, 5.74) is 0.952. The van der Waals surface area contributed by atoms with Gasteiger partial charge in [0.1, 0.15) is 0 Å². The third kappa shape index (κ3) is 4.59. The molecule has 10 heteroatoms. The lowest BCUT2D eigenvalue weighted by Gasteiger charge is -2.13. The van der Waals surface area contributed by atoms with Crippen LogP contribution >= 0.6 is 0 Å². The number of rotatable bonds is 5. The second-order valence-electron chi connectivity index (χ2n) is 6.86. The Morgan fingerprint density at radius 1 is 0.969 bits per heavy atom. The van der Waals surface area contributed by atoms with Gasteiger partial charge in [0.25, 0.3) is 5.91 Å². The maximum atomic E-state index is 12.9. The Hall–Kier alpha value is -4.21. The van der Waals surface area contributed by atoms with Crippen molar-refractivity contribution in [3.05, 3.63) is 90.0 Å². The van der Waals surface area contributed by atoms with Crippen LogP contribution in [0.4, 0.5) is 30.5 Å². The van der Waals surface area contributed by atoms with Gasteiger partial charge >= 0.3 is 6.18 Å². The van der Waals surface area contributed by atoms with Gasteiger partial charge in [-0.1, -0.05) is 12.1 Å². The summed E-state index contributed by atoms with van der Waals surface area (Å²) in [4.78, 5) is 25.2. The van der Waals surface area contributed by atoms with E-state index >= 15 is 0 Å². The van der Waals surface area contributed by atoms with E-state index in [1.165, 1.54) is 12.1 Å². The normalized spacial score (nSPS) is 11.2. The number of benzene rings is 2. The molecule has 2 aromatic heterocycles. The lowest BCUT2D eigenvalue weighted by molar-refractivity contribution is -0.137.